The van der Waals surface area contributed by atoms with Crippen LogP contribution in [0.25, 0.3) is 0 Å². The van der Waals surface area contributed by atoms with Crippen LogP contribution in [-0.4, -0.2) is 64.1 Å². The fraction of sp³-hybridized carbons (Fsp3) is 0.333. The molecular formula is C12H14N4O6. The average Bonchev–Trinajstić information content (AvgIpc) is 3.23. The Kier molecular flexibility index (Phi) is 4.78. The molecule has 0 fully saturated rings. The van der Waals surface area contributed by atoms with Gasteiger partial charge in [-0.3, -0.25) is 9.59 Å². The van der Waals surface area contributed by atoms with E-state index >= 15 is 0 Å². The summed E-state index contributed by atoms with van der Waals surface area (Å²) in [7, 11) is 0. The number of carbonyl (C=O) groups is 2. The zero-order chi connectivity index (χ0) is 16.3. The predicted octanol–water partition coefficient (Wildman–Crippen LogP) is -2.24. The van der Waals surface area contributed by atoms with Crippen LogP contribution in [0.4, 0.5) is 0 Å². The van der Waals surface area contributed by atoms with Gasteiger partial charge in [0.15, 0.2) is 12.2 Å². The molecule has 0 aliphatic rings. The molecule has 6 N–H and O–H groups in total. The van der Waals surface area contributed by atoms with Gasteiger partial charge in [0.25, 0.3) is 0 Å². The number of rotatable bonds is 7. The van der Waals surface area contributed by atoms with Gasteiger partial charge < -0.3 is 30.4 Å². The lowest BCUT2D eigenvalue weighted by Gasteiger charge is -2.18. The average molecular weight is 310 g/mol. The summed E-state index contributed by atoms with van der Waals surface area (Å²) in [5.41, 5.74) is 0. The highest BCUT2D eigenvalue weighted by Crippen LogP contribution is 2.17. The van der Waals surface area contributed by atoms with Gasteiger partial charge in [0.2, 0.25) is 11.6 Å². The smallest absolute Gasteiger partial charge is 0.232 e. The second-order valence-corrected chi connectivity index (χ2v) is 4.46. The van der Waals surface area contributed by atoms with E-state index in [1.807, 2.05) is 0 Å². The van der Waals surface area contributed by atoms with Crippen LogP contribution in [0.15, 0.2) is 24.8 Å². The molecule has 2 aromatic rings. The Morgan fingerprint density at radius 2 is 1.18 bits per heavy atom. The molecule has 0 radical (unpaired) electrons. The highest BCUT2D eigenvalue weighted by atomic mass is 16.3. The van der Waals surface area contributed by atoms with Crippen LogP contribution in [0.3, 0.4) is 0 Å². The third-order valence-electron chi connectivity index (χ3n) is 2.98. The Labute approximate surface area is 123 Å². The summed E-state index contributed by atoms with van der Waals surface area (Å²) in [5.74, 6) is -3.14. The summed E-state index contributed by atoms with van der Waals surface area (Å²) in [4.78, 5) is 35.8. The summed E-state index contributed by atoms with van der Waals surface area (Å²) in [5, 5.41) is 38.8. The van der Waals surface area contributed by atoms with Gasteiger partial charge in [0.05, 0.1) is 0 Å². The van der Waals surface area contributed by atoms with Crippen molar-refractivity contribution >= 4 is 11.6 Å². The van der Waals surface area contributed by atoms with Gasteiger partial charge >= 0.3 is 0 Å². The monoisotopic (exact) mass is 310 g/mol. The second-order valence-electron chi connectivity index (χ2n) is 4.46. The fourth-order valence-electron chi connectivity index (χ4n) is 1.76. The minimum Gasteiger partial charge on any atom is -0.382 e. The quantitative estimate of drug-likeness (QED) is 0.311. The van der Waals surface area contributed by atoms with Crippen molar-refractivity contribution < 1.29 is 30.0 Å². The molecule has 0 saturated carbocycles. The lowest BCUT2D eigenvalue weighted by Crippen LogP contribution is -2.42. The molecular weight excluding hydrogens is 296 g/mol. The van der Waals surface area contributed by atoms with Crippen LogP contribution in [-0.2, 0) is 9.59 Å². The Bertz CT molecular complexity index is 570. The van der Waals surface area contributed by atoms with Crippen molar-refractivity contribution in [2.75, 3.05) is 0 Å². The zero-order valence-electron chi connectivity index (χ0n) is 11.1. The molecule has 0 bridgehead atoms. The largest absolute Gasteiger partial charge is 0.382 e. The summed E-state index contributed by atoms with van der Waals surface area (Å²) >= 11 is 0. The van der Waals surface area contributed by atoms with E-state index in [0.717, 1.165) is 0 Å². The minimum absolute atomic E-state index is 0.116. The number of hydrogen-bond donors (Lipinski definition) is 6. The molecule has 0 spiro atoms. The summed E-state index contributed by atoms with van der Waals surface area (Å²) in [6, 6.07) is 0. The van der Waals surface area contributed by atoms with Crippen molar-refractivity contribution in [1.82, 2.24) is 19.9 Å². The van der Waals surface area contributed by atoms with Crippen molar-refractivity contribution in [3.63, 3.8) is 0 Å². The molecule has 0 aliphatic carbocycles. The zero-order valence-corrected chi connectivity index (χ0v) is 11.1. The number of aliphatic hydroxyl groups is 4. The van der Waals surface area contributed by atoms with Crippen molar-refractivity contribution in [2.45, 2.75) is 24.4 Å². The van der Waals surface area contributed by atoms with Crippen LogP contribution in [0, 0.1) is 0 Å². The van der Waals surface area contributed by atoms with Crippen LogP contribution < -0.4 is 0 Å². The number of nitrogens with one attached hydrogen (secondary N) is 2. The minimum atomic E-state index is -2.13. The summed E-state index contributed by atoms with van der Waals surface area (Å²) in [6.45, 7) is 0. The van der Waals surface area contributed by atoms with Crippen LogP contribution in [0.1, 0.15) is 23.9 Å². The molecule has 2 rings (SSSR count). The Morgan fingerprint density at radius 1 is 0.818 bits per heavy atom. The van der Waals surface area contributed by atoms with E-state index in [1.165, 1.54) is 24.8 Å². The number of aromatic nitrogens is 4. The standard InChI is InChI=1S/C12H14N4O6/c17-5(7(19)9(21)11-13-1-2-14-11)6(18)8(20)10(22)12-15-3-4-16-12/h1-4,7-10,19-22H,(H,13,14)(H,15,16). The van der Waals surface area contributed by atoms with Gasteiger partial charge in [-0.2, -0.15) is 0 Å². The van der Waals surface area contributed by atoms with E-state index < -0.39 is 36.0 Å². The van der Waals surface area contributed by atoms with E-state index in [-0.39, 0.29) is 11.6 Å². The second kappa shape index (κ2) is 6.58. The molecule has 22 heavy (non-hydrogen) atoms. The number of aliphatic hydroxyl groups excluding tert-OH is 4. The number of nitrogens with zero attached hydrogens (tertiary/aromatic N) is 2. The fourth-order valence-corrected chi connectivity index (χ4v) is 1.76. The van der Waals surface area contributed by atoms with Crippen molar-refractivity contribution in [1.29, 1.82) is 0 Å². The topological polar surface area (TPSA) is 172 Å². The van der Waals surface area contributed by atoms with Crippen molar-refractivity contribution in [2.24, 2.45) is 0 Å². The molecule has 10 nitrogen and oxygen atoms in total. The van der Waals surface area contributed by atoms with Crippen LogP contribution in [0.5, 0.6) is 0 Å². The molecule has 2 heterocycles. The Hall–Kier alpha value is -2.40. The maximum absolute atomic E-state index is 11.8. The van der Waals surface area contributed by atoms with Crippen molar-refractivity contribution in [3.8, 4) is 0 Å². The van der Waals surface area contributed by atoms with E-state index in [9.17, 15) is 30.0 Å². The van der Waals surface area contributed by atoms with Gasteiger partial charge in [-0.25, -0.2) is 9.97 Å². The predicted molar refractivity (Wildman–Crippen MR) is 69.1 cm³/mol. The number of H-pyrrole nitrogens is 2. The number of imidazole rings is 2. The molecule has 118 valence electrons. The lowest BCUT2D eigenvalue weighted by atomic mass is 9.99. The number of aromatic amines is 2. The molecule has 10 heteroatoms. The van der Waals surface area contributed by atoms with E-state index in [2.05, 4.69) is 19.9 Å². The van der Waals surface area contributed by atoms with Crippen LogP contribution in [0.2, 0.25) is 0 Å². The van der Waals surface area contributed by atoms with Gasteiger partial charge in [-0.15, -0.1) is 0 Å². The van der Waals surface area contributed by atoms with E-state index in [0.29, 0.717) is 0 Å². The molecule has 0 amide bonds. The first-order valence-electron chi connectivity index (χ1n) is 6.22. The Balaban J connectivity index is 2.06. The number of hydrogen-bond acceptors (Lipinski definition) is 8. The van der Waals surface area contributed by atoms with Gasteiger partial charge in [-0.05, 0) is 0 Å². The first-order valence-corrected chi connectivity index (χ1v) is 6.22. The summed E-state index contributed by atoms with van der Waals surface area (Å²) < 4.78 is 0. The first-order chi connectivity index (χ1) is 10.4. The third kappa shape index (κ3) is 3.09. The van der Waals surface area contributed by atoms with E-state index in [1.54, 1.807) is 0 Å². The maximum Gasteiger partial charge on any atom is 0.232 e. The maximum atomic E-state index is 11.8. The Morgan fingerprint density at radius 3 is 1.45 bits per heavy atom. The molecule has 2 aromatic heterocycles. The summed E-state index contributed by atoms with van der Waals surface area (Å²) in [6.07, 6.45) is -2.51. The van der Waals surface area contributed by atoms with Gasteiger partial charge in [0, 0.05) is 24.8 Å². The lowest BCUT2D eigenvalue weighted by molar-refractivity contribution is -0.153. The SMILES string of the molecule is O=C(C(=O)C(O)C(O)c1ncc[nH]1)C(O)C(O)c1ncc[nH]1. The molecule has 0 aromatic carbocycles. The van der Waals surface area contributed by atoms with Gasteiger partial charge in [-0.1, -0.05) is 0 Å². The highest BCUT2D eigenvalue weighted by Gasteiger charge is 2.38. The first kappa shape index (κ1) is 16.0. The molecule has 0 saturated heterocycles. The molecule has 4 atom stereocenters. The molecule has 0 aliphatic heterocycles. The van der Waals surface area contributed by atoms with Crippen molar-refractivity contribution in [3.05, 3.63) is 36.4 Å². The third-order valence-corrected chi connectivity index (χ3v) is 2.98. The van der Waals surface area contributed by atoms with Crippen LogP contribution >= 0.6 is 0 Å². The number of carbonyl (C=O) groups excluding carboxylic acids is 2. The number of Topliss-reactive ketones (excluding diaryl/α,β-unsaturated/α-hetero) is 2. The highest BCUT2D eigenvalue weighted by molar-refractivity contribution is 6.40. The normalized spacial score (nSPS) is 16.7. The van der Waals surface area contributed by atoms with Gasteiger partial charge in [0.1, 0.15) is 23.9 Å². The van der Waals surface area contributed by atoms with E-state index in [4.69, 9.17) is 0 Å². The molecule has 4 unspecified atom stereocenters. The number of ketones is 2.